The number of aryl methyl sites for hydroxylation is 1. The van der Waals surface area contributed by atoms with E-state index in [1.165, 1.54) is 5.56 Å². The van der Waals surface area contributed by atoms with Crippen LogP contribution in [0.3, 0.4) is 0 Å². The van der Waals surface area contributed by atoms with Crippen molar-refractivity contribution in [1.29, 1.82) is 0 Å². The van der Waals surface area contributed by atoms with E-state index in [2.05, 4.69) is 18.3 Å². The van der Waals surface area contributed by atoms with Crippen molar-refractivity contribution >= 4 is 5.69 Å². The van der Waals surface area contributed by atoms with Crippen molar-refractivity contribution in [3.8, 4) is 17.2 Å². The first-order valence-corrected chi connectivity index (χ1v) is 7.12. The van der Waals surface area contributed by atoms with E-state index in [0.717, 1.165) is 28.5 Å². The highest BCUT2D eigenvalue weighted by Gasteiger charge is 2.17. The topological polar surface area (TPSA) is 39.7 Å². The van der Waals surface area contributed by atoms with E-state index in [9.17, 15) is 0 Å². The Labute approximate surface area is 124 Å². The smallest absolute Gasteiger partial charge is 0.231 e. The molecule has 2 aromatic rings. The van der Waals surface area contributed by atoms with E-state index in [4.69, 9.17) is 14.2 Å². The lowest BCUT2D eigenvalue weighted by Crippen LogP contribution is -2.04. The second-order valence-electron chi connectivity index (χ2n) is 4.94. The maximum Gasteiger partial charge on any atom is 0.231 e. The van der Waals surface area contributed by atoms with Crippen LogP contribution in [0.2, 0.25) is 0 Å². The molecule has 3 rings (SSSR count). The van der Waals surface area contributed by atoms with Crippen molar-refractivity contribution < 1.29 is 14.2 Å². The third kappa shape index (κ3) is 2.89. The van der Waals surface area contributed by atoms with Gasteiger partial charge in [0.25, 0.3) is 0 Å². The Morgan fingerprint density at radius 1 is 1.19 bits per heavy atom. The molecule has 0 atom stereocenters. The highest BCUT2D eigenvalue weighted by atomic mass is 16.7. The quantitative estimate of drug-likeness (QED) is 0.908. The molecule has 2 aromatic carbocycles. The highest BCUT2D eigenvalue weighted by molar-refractivity contribution is 5.59. The Hall–Kier alpha value is -2.36. The Morgan fingerprint density at radius 2 is 2.10 bits per heavy atom. The number of anilines is 1. The molecule has 1 aliphatic rings. The van der Waals surface area contributed by atoms with Gasteiger partial charge in [-0.25, -0.2) is 0 Å². The third-order valence-corrected chi connectivity index (χ3v) is 3.38. The minimum Gasteiger partial charge on any atom is -0.492 e. The largest absolute Gasteiger partial charge is 0.492 e. The van der Waals surface area contributed by atoms with Crippen molar-refractivity contribution in [3.63, 3.8) is 0 Å². The predicted octanol–water partition coefficient (Wildman–Crippen LogP) is 3.73. The molecule has 0 spiro atoms. The number of fused-ring (bicyclic) bond motifs is 1. The fraction of sp³-hybridized carbons (Fsp3) is 0.294. The van der Waals surface area contributed by atoms with Crippen LogP contribution in [-0.4, -0.2) is 13.4 Å². The van der Waals surface area contributed by atoms with Gasteiger partial charge in [-0.3, -0.25) is 0 Å². The summed E-state index contributed by atoms with van der Waals surface area (Å²) in [6.45, 7) is 5.65. The Morgan fingerprint density at radius 3 is 2.95 bits per heavy atom. The second-order valence-corrected chi connectivity index (χ2v) is 4.94. The van der Waals surface area contributed by atoms with Crippen LogP contribution in [0.5, 0.6) is 17.2 Å². The molecule has 0 radical (unpaired) electrons. The summed E-state index contributed by atoms with van der Waals surface area (Å²) in [6.07, 6.45) is 0. The van der Waals surface area contributed by atoms with Gasteiger partial charge in [0.2, 0.25) is 6.79 Å². The molecule has 21 heavy (non-hydrogen) atoms. The molecule has 0 fully saturated rings. The van der Waals surface area contributed by atoms with Gasteiger partial charge in [-0.05, 0) is 37.6 Å². The minimum absolute atomic E-state index is 0.293. The fourth-order valence-electron chi connectivity index (χ4n) is 2.37. The SMILES string of the molecule is CCOc1cc(C)ccc1NCc1cccc2c1OCO2. The van der Waals surface area contributed by atoms with Gasteiger partial charge in [0.15, 0.2) is 11.5 Å². The average molecular weight is 285 g/mol. The third-order valence-electron chi connectivity index (χ3n) is 3.38. The Bertz CT molecular complexity index is 640. The van der Waals surface area contributed by atoms with E-state index in [1.54, 1.807) is 0 Å². The van der Waals surface area contributed by atoms with E-state index >= 15 is 0 Å². The second kappa shape index (κ2) is 5.95. The first-order valence-electron chi connectivity index (χ1n) is 7.12. The first kappa shape index (κ1) is 13.6. The molecule has 1 N–H and O–H groups in total. The van der Waals surface area contributed by atoms with Crippen LogP contribution in [0, 0.1) is 6.92 Å². The number of hydrogen-bond acceptors (Lipinski definition) is 4. The average Bonchev–Trinajstić information content (AvgIpc) is 2.96. The first-order chi connectivity index (χ1) is 10.3. The van der Waals surface area contributed by atoms with Crippen LogP contribution in [0.4, 0.5) is 5.69 Å². The number of ether oxygens (including phenoxy) is 3. The molecule has 0 unspecified atom stereocenters. The van der Waals surface area contributed by atoms with Crippen molar-refractivity contribution in [2.45, 2.75) is 20.4 Å². The summed E-state index contributed by atoms with van der Waals surface area (Å²) >= 11 is 0. The zero-order valence-electron chi connectivity index (χ0n) is 12.3. The molecule has 0 aromatic heterocycles. The minimum atomic E-state index is 0.293. The van der Waals surface area contributed by atoms with Crippen LogP contribution in [0.15, 0.2) is 36.4 Å². The molecule has 0 bridgehead atoms. The number of benzene rings is 2. The maximum atomic E-state index is 5.68. The Kier molecular flexibility index (Phi) is 3.86. The molecule has 1 aliphatic heterocycles. The molecule has 0 saturated heterocycles. The predicted molar refractivity (Wildman–Crippen MR) is 82.2 cm³/mol. The lowest BCUT2D eigenvalue weighted by atomic mass is 10.1. The molecule has 4 nitrogen and oxygen atoms in total. The van der Waals surface area contributed by atoms with E-state index in [-0.39, 0.29) is 0 Å². The van der Waals surface area contributed by atoms with Gasteiger partial charge in [0.1, 0.15) is 5.75 Å². The molecule has 4 heteroatoms. The van der Waals surface area contributed by atoms with Crippen molar-refractivity contribution in [2.24, 2.45) is 0 Å². The Balaban J connectivity index is 1.78. The molecular formula is C17H19NO3. The number of para-hydroxylation sites is 1. The number of rotatable bonds is 5. The van der Waals surface area contributed by atoms with Gasteiger partial charge in [-0.15, -0.1) is 0 Å². The summed E-state index contributed by atoms with van der Waals surface area (Å²) in [4.78, 5) is 0. The van der Waals surface area contributed by atoms with Gasteiger partial charge in [-0.2, -0.15) is 0 Å². The molecular weight excluding hydrogens is 266 g/mol. The maximum absolute atomic E-state index is 5.68. The van der Waals surface area contributed by atoms with E-state index in [1.807, 2.05) is 37.3 Å². The van der Waals surface area contributed by atoms with Crippen LogP contribution in [-0.2, 0) is 6.54 Å². The molecule has 1 heterocycles. The molecule has 110 valence electrons. The molecule has 0 amide bonds. The zero-order chi connectivity index (χ0) is 14.7. The molecule has 0 aliphatic carbocycles. The van der Waals surface area contributed by atoms with Crippen LogP contribution >= 0.6 is 0 Å². The summed E-state index contributed by atoms with van der Waals surface area (Å²) in [6, 6.07) is 12.1. The summed E-state index contributed by atoms with van der Waals surface area (Å²) in [5.74, 6) is 2.51. The molecule has 0 saturated carbocycles. The van der Waals surface area contributed by atoms with Gasteiger partial charge >= 0.3 is 0 Å². The van der Waals surface area contributed by atoms with E-state index < -0.39 is 0 Å². The van der Waals surface area contributed by atoms with Crippen LogP contribution < -0.4 is 19.5 Å². The normalized spacial score (nSPS) is 12.3. The van der Waals surface area contributed by atoms with Gasteiger partial charge < -0.3 is 19.5 Å². The zero-order valence-corrected chi connectivity index (χ0v) is 12.3. The van der Waals surface area contributed by atoms with E-state index in [0.29, 0.717) is 19.9 Å². The summed E-state index contributed by atoms with van der Waals surface area (Å²) in [5.41, 5.74) is 3.24. The summed E-state index contributed by atoms with van der Waals surface area (Å²) in [5, 5.41) is 3.41. The monoisotopic (exact) mass is 285 g/mol. The number of nitrogens with one attached hydrogen (secondary N) is 1. The van der Waals surface area contributed by atoms with Gasteiger partial charge in [0.05, 0.1) is 12.3 Å². The lowest BCUT2D eigenvalue weighted by molar-refractivity contribution is 0.173. The summed E-state index contributed by atoms with van der Waals surface area (Å²) < 4.78 is 16.6. The summed E-state index contributed by atoms with van der Waals surface area (Å²) in [7, 11) is 0. The van der Waals surface area contributed by atoms with Crippen LogP contribution in [0.25, 0.3) is 0 Å². The van der Waals surface area contributed by atoms with Crippen LogP contribution in [0.1, 0.15) is 18.1 Å². The van der Waals surface area contributed by atoms with Crippen molar-refractivity contribution in [2.75, 3.05) is 18.7 Å². The highest BCUT2D eigenvalue weighted by Crippen LogP contribution is 2.36. The lowest BCUT2D eigenvalue weighted by Gasteiger charge is -2.14. The fourth-order valence-corrected chi connectivity index (χ4v) is 2.37. The van der Waals surface area contributed by atoms with Gasteiger partial charge in [-0.1, -0.05) is 18.2 Å². The standard InChI is InChI=1S/C17H19NO3/c1-3-19-16-9-12(2)7-8-14(16)18-10-13-5-4-6-15-17(13)21-11-20-15/h4-9,18H,3,10-11H2,1-2H3. The van der Waals surface area contributed by atoms with Crippen molar-refractivity contribution in [3.05, 3.63) is 47.5 Å². The van der Waals surface area contributed by atoms with Crippen molar-refractivity contribution in [1.82, 2.24) is 0 Å². The number of hydrogen-bond donors (Lipinski definition) is 1. The van der Waals surface area contributed by atoms with Gasteiger partial charge in [0, 0.05) is 12.1 Å².